The first kappa shape index (κ1) is 14.8. The van der Waals surface area contributed by atoms with E-state index in [1.54, 1.807) is 24.3 Å². The van der Waals surface area contributed by atoms with E-state index in [0.717, 1.165) is 12.8 Å². The number of hydrogen-bond acceptors (Lipinski definition) is 3. The molecule has 2 aliphatic heterocycles. The fraction of sp³-hybridized carbons (Fsp3) is 0.562. The first-order valence-electron chi connectivity index (χ1n) is 7.48. The van der Waals surface area contributed by atoms with E-state index in [0.29, 0.717) is 43.1 Å². The molecule has 0 aromatic heterocycles. The molecule has 21 heavy (non-hydrogen) atoms. The Hall–Kier alpha value is -1.10. The summed E-state index contributed by atoms with van der Waals surface area (Å²) < 4.78 is 5.86. The molecule has 2 aliphatic rings. The Morgan fingerprint density at radius 2 is 1.95 bits per heavy atom. The molecule has 0 radical (unpaired) electrons. The fourth-order valence-corrected chi connectivity index (χ4v) is 3.38. The molecule has 114 valence electrons. The van der Waals surface area contributed by atoms with Crippen LogP contribution in [0.5, 0.6) is 0 Å². The van der Waals surface area contributed by atoms with Gasteiger partial charge in [0.2, 0.25) is 0 Å². The van der Waals surface area contributed by atoms with Crippen molar-refractivity contribution in [2.45, 2.75) is 37.4 Å². The van der Waals surface area contributed by atoms with Gasteiger partial charge in [0.05, 0.1) is 11.7 Å². The number of aliphatic hydroxyl groups is 1. The number of rotatable bonds is 1. The summed E-state index contributed by atoms with van der Waals surface area (Å²) in [6, 6.07) is 6.96. The number of benzene rings is 1. The van der Waals surface area contributed by atoms with Crippen LogP contribution in [0.1, 0.15) is 36.0 Å². The first-order chi connectivity index (χ1) is 10.1. The number of aliphatic hydroxyl groups excluding tert-OH is 1. The van der Waals surface area contributed by atoms with Crippen molar-refractivity contribution in [1.29, 1.82) is 0 Å². The molecule has 1 spiro atoms. The molecule has 1 N–H and O–H groups in total. The van der Waals surface area contributed by atoms with Gasteiger partial charge in [0.1, 0.15) is 0 Å². The SMILES string of the molecule is O=C(c1ccc(Cl)cc1)N1CCC2(CC1)OCCC[C@@H]2O. The lowest BCUT2D eigenvalue weighted by molar-refractivity contribution is -0.174. The van der Waals surface area contributed by atoms with Gasteiger partial charge < -0.3 is 14.7 Å². The molecule has 4 nitrogen and oxygen atoms in total. The van der Waals surface area contributed by atoms with E-state index < -0.39 is 11.7 Å². The van der Waals surface area contributed by atoms with Crippen molar-refractivity contribution in [3.05, 3.63) is 34.9 Å². The van der Waals surface area contributed by atoms with Gasteiger partial charge in [0.15, 0.2) is 0 Å². The summed E-state index contributed by atoms with van der Waals surface area (Å²) in [5.74, 6) is 0.0202. The molecule has 0 bridgehead atoms. The summed E-state index contributed by atoms with van der Waals surface area (Å²) in [6.07, 6.45) is 2.71. The highest BCUT2D eigenvalue weighted by molar-refractivity contribution is 6.30. The smallest absolute Gasteiger partial charge is 0.253 e. The zero-order valence-corrected chi connectivity index (χ0v) is 12.7. The molecule has 2 fully saturated rings. The van der Waals surface area contributed by atoms with Gasteiger partial charge in [-0.1, -0.05) is 11.6 Å². The second-order valence-corrected chi connectivity index (χ2v) is 6.31. The van der Waals surface area contributed by atoms with E-state index >= 15 is 0 Å². The van der Waals surface area contributed by atoms with E-state index in [-0.39, 0.29) is 5.91 Å². The van der Waals surface area contributed by atoms with Crippen LogP contribution in [0, 0.1) is 0 Å². The molecule has 2 heterocycles. The molecule has 5 heteroatoms. The Labute approximate surface area is 129 Å². The van der Waals surface area contributed by atoms with Crippen molar-refractivity contribution in [2.24, 2.45) is 0 Å². The molecule has 1 atom stereocenters. The van der Waals surface area contributed by atoms with Crippen LogP contribution in [-0.2, 0) is 4.74 Å². The van der Waals surface area contributed by atoms with Gasteiger partial charge in [-0.25, -0.2) is 0 Å². The van der Waals surface area contributed by atoms with Gasteiger partial charge in [-0.05, 0) is 49.9 Å². The van der Waals surface area contributed by atoms with Crippen molar-refractivity contribution in [3.8, 4) is 0 Å². The van der Waals surface area contributed by atoms with Crippen molar-refractivity contribution in [2.75, 3.05) is 19.7 Å². The Morgan fingerprint density at radius 3 is 2.57 bits per heavy atom. The highest BCUT2D eigenvalue weighted by Gasteiger charge is 2.44. The highest BCUT2D eigenvalue weighted by Crippen LogP contribution is 2.35. The van der Waals surface area contributed by atoms with Crippen LogP contribution in [-0.4, -0.2) is 47.3 Å². The van der Waals surface area contributed by atoms with Crippen LogP contribution >= 0.6 is 11.6 Å². The van der Waals surface area contributed by atoms with Crippen LogP contribution in [0.4, 0.5) is 0 Å². The average molecular weight is 310 g/mol. The standard InChI is InChI=1S/C16H20ClNO3/c17-13-5-3-12(4-6-13)15(20)18-9-7-16(8-10-18)14(19)2-1-11-21-16/h3-6,14,19H,1-2,7-11H2/t14-/m0/s1. The minimum absolute atomic E-state index is 0.0202. The summed E-state index contributed by atoms with van der Waals surface area (Å²) in [5, 5.41) is 10.8. The highest BCUT2D eigenvalue weighted by atomic mass is 35.5. The summed E-state index contributed by atoms with van der Waals surface area (Å²) in [7, 11) is 0. The third-order valence-electron chi connectivity index (χ3n) is 4.61. The molecule has 0 unspecified atom stereocenters. The maximum Gasteiger partial charge on any atom is 0.253 e. The monoisotopic (exact) mass is 309 g/mol. The third-order valence-corrected chi connectivity index (χ3v) is 4.86. The summed E-state index contributed by atoms with van der Waals surface area (Å²) in [5.41, 5.74) is 0.218. The normalized spacial score (nSPS) is 25.0. The molecular weight excluding hydrogens is 290 g/mol. The maximum atomic E-state index is 12.4. The Balaban J connectivity index is 1.65. The van der Waals surface area contributed by atoms with Gasteiger partial charge in [-0.3, -0.25) is 4.79 Å². The van der Waals surface area contributed by atoms with Crippen molar-refractivity contribution < 1.29 is 14.6 Å². The van der Waals surface area contributed by atoms with E-state index in [2.05, 4.69) is 0 Å². The Kier molecular flexibility index (Phi) is 4.20. The van der Waals surface area contributed by atoms with Gasteiger partial charge in [-0.2, -0.15) is 0 Å². The molecule has 1 amide bonds. The van der Waals surface area contributed by atoms with Crippen LogP contribution in [0.25, 0.3) is 0 Å². The number of nitrogens with zero attached hydrogens (tertiary/aromatic N) is 1. The minimum Gasteiger partial charge on any atom is -0.390 e. The fourth-order valence-electron chi connectivity index (χ4n) is 3.25. The maximum absolute atomic E-state index is 12.4. The molecule has 2 saturated heterocycles. The summed E-state index contributed by atoms with van der Waals surface area (Å²) >= 11 is 5.85. The summed E-state index contributed by atoms with van der Waals surface area (Å²) in [4.78, 5) is 14.3. The molecule has 0 aliphatic carbocycles. The number of halogens is 1. The van der Waals surface area contributed by atoms with Crippen LogP contribution in [0.2, 0.25) is 5.02 Å². The van der Waals surface area contributed by atoms with Crippen LogP contribution in [0.15, 0.2) is 24.3 Å². The van der Waals surface area contributed by atoms with E-state index in [4.69, 9.17) is 16.3 Å². The molecule has 3 rings (SSSR count). The zero-order valence-electron chi connectivity index (χ0n) is 11.9. The van der Waals surface area contributed by atoms with E-state index in [1.165, 1.54) is 0 Å². The van der Waals surface area contributed by atoms with Crippen molar-refractivity contribution >= 4 is 17.5 Å². The molecular formula is C16H20ClNO3. The van der Waals surface area contributed by atoms with E-state index in [9.17, 15) is 9.90 Å². The second kappa shape index (κ2) is 5.95. The number of amides is 1. The zero-order chi connectivity index (χ0) is 14.9. The Bertz CT molecular complexity index is 509. The number of ether oxygens (including phenoxy) is 1. The van der Waals surface area contributed by atoms with Crippen molar-refractivity contribution in [1.82, 2.24) is 4.90 Å². The van der Waals surface area contributed by atoms with E-state index in [1.807, 2.05) is 4.90 Å². The molecule has 1 aromatic rings. The summed E-state index contributed by atoms with van der Waals surface area (Å²) in [6.45, 7) is 1.96. The number of hydrogen-bond donors (Lipinski definition) is 1. The Morgan fingerprint density at radius 1 is 1.29 bits per heavy atom. The lowest BCUT2D eigenvalue weighted by Gasteiger charge is -2.46. The van der Waals surface area contributed by atoms with Gasteiger partial charge in [0.25, 0.3) is 5.91 Å². The number of piperidine rings is 1. The topological polar surface area (TPSA) is 49.8 Å². The van der Waals surface area contributed by atoms with Crippen LogP contribution in [0.3, 0.4) is 0 Å². The first-order valence-corrected chi connectivity index (χ1v) is 7.85. The minimum atomic E-state index is -0.435. The predicted molar refractivity (Wildman–Crippen MR) is 80.5 cm³/mol. The predicted octanol–water partition coefficient (Wildman–Crippen LogP) is 2.49. The average Bonchev–Trinajstić information content (AvgIpc) is 2.51. The molecule has 0 saturated carbocycles. The number of likely N-dealkylation sites (tertiary alicyclic amines) is 1. The third kappa shape index (κ3) is 2.93. The second-order valence-electron chi connectivity index (χ2n) is 5.87. The lowest BCUT2D eigenvalue weighted by atomic mass is 9.82. The number of carbonyl (C=O) groups excluding carboxylic acids is 1. The number of carbonyl (C=O) groups is 1. The molecule has 1 aromatic carbocycles. The van der Waals surface area contributed by atoms with Crippen molar-refractivity contribution in [3.63, 3.8) is 0 Å². The quantitative estimate of drug-likeness (QED) is 0.867. The van der Waals surface area contributed by atoms with Gasteiger partial charge >= 0.3 is 0 Å². The largest absolute Gasteiger partial charge is 0.390 e. The van der Waals surface area contributed by atoms with Gasteiger partial charge in [-0.15, -0.1) is 0 Å². The lowest BCUT2D eigenvalue weighted by Crippen LogP contribution is -2.56. The van der Waals surface area contributed by atoms with Gasteiger partial charge in [0, 0.05) is 30.3 Å². The van der Waals surface area contributed by atoms with Crippen LogP contribution < -0.4 is 0 Å².